The van der Waals surface area contributed by atoms with E-state index in [0.717, 1.165) is 10.7 Å². The number of aromatic carboxylic acids is 1. The standard InChI is InChI=1S/C10H4BrCl2N3O4/c11-9-7(13)8(10(17)18)15(14-9)6-2-1-4(16(19)20)3-5(6)12/h1-3H,(H,17,18). The maximum Gasteiger partial charge on any atom is 0.356 e. The zero-order chi connectivity index (χ0) is 15.0. The van der Waals surface area contributed by atoms with Gasteiger partial charge in [0.05, 0.1) is 15.6 Å². The predicted molar refractivity (Wildman–Crippen MR) is 74.9 cm³/mol. The van der Waals surface area contributed by atoms with Crippen molar-refractivity contribution in [3.8, 4) is 5.69 Å². The molecule has 0 radical (unpaired) electrons. The van der Waals surface area contributed by atoms with Crippen molar-refractivity contribution in [1.82, 2.24) is 9.78 Å². The summed E-state index contributed by atoms with van der Waals surface area (Å²) < 4.78 is 1.13. The van der Waals surface area contributed by atoms with Gasteiger partial charge >= 0.3 is 5.97 Å². The topological polar surface area (TPSA) is 98.3 Å². The van der Waals surface area contributed by atoms with Crippen LogP contribution in [0.15, 0.2) is 22.8 Å². The minimum atomic E-state index is -1.30. The Morgan fingerprint density at radius 2 is 2.10 bits per heavy atom. The molecule has 7 nitrogen and oxygen atoms in total. The number of nitrogens with zero attached hydrogens (tertiary/aromatic N) is 3. The summed E-state index contributed by atoms with van der Waals surface area (Å²) in [4.78, 5) is 21.2. The smallest absolute Gasteiger partial charge is 0.356 e. The SMILES string of the molecule is O=C(O)c1c(Cl)c(Br)nn1-c1ccc([N+](=O)[O-])cc1Cl. The van der Waals surface area contributed by atoms with Gasteiger partial charge in [0.2, 0.25) is 0 Å². The molecule has 10 heteroatoms. The molecule has 20 heavy (non-hydrogen) atoms. The molecule has 0 aliphatic heterocycles. The number of nitro groups is 1. The first-order chi connectivity index (χ1) is 9.32. The van der Waals surface area contributed by atoms with Crippen LogP contribution in [0.3, 0.4) is 0 Å². The number of carboxylic acid groups (broad SMARTS) is 1. The van der Waals surface area contributed by atoms with Crippen LogP contribution in [0.4, 0.5) is 5.69 Å². The quantitative estimate of drug-likeness (QED) is 0.648. The van der Waals surface area contributed by atoms with Crippen molar-refractivity contribution in [2.75, 3.05) is 0 Å². The second kappa shape index (κ2) is 5.39. The molecule has 0 bridgehead atoms. The van der Waals surface area contributed by atoms with E-state index < -0.39 is 10.9 Å². The molecule has 0 saturated carbocycles. The molecule has 1 N–H and O–H groups in total. The van der Waals surface area contributed by atoms with E-state index >= 15 is 0 Å². The highest BCUT2D eigenvalue weighted by molar-refractivity contribution is 9.10. The number of nitro benzene ring substituents is 1. The summed E-state index contributed by atoms with van der Waals surface area (Å²) in [6, 6.07) is 3.59. The number of hydrogen-bond donors (Lipinski definition) is 1. The van der Waals surface area contributed by atoms with Gasteiger partial charge in [-0.15, -0.1) is 0 Å². The number of non-ortho nitro benzene ring substituents is 1. The largest absolute Gasteiger partial charge is 0.476 e. The summed E-state index contributed by atoms with van der Waals surface area (Å²) in [7, 11) is 0. The molecule has 0 aliphatic rings. The van der Waals surface area contributed by atoms with E-state index in [1.807, 2.05) is 0 Å². The van der Waals surface area contributed by atoms with Crippen LogP contribution in [0.2, 0.25) is 10.0 Å². The van der Waals surface area contributed by atoms with Crippen molar-refractivity contribution in [2.45, 2.75) is 0 Å². The highest BCUT2D eigenvalue weighted by atomic mass is 79.9. The van der Waals surface area contributed by atoms with Crippen LogP contribution in [-0.2, 0) is 0 Å². The number of benzene rings is 1. The normalized spacial score (nSPS) is 10.6. The third kappa shape index (κ3) is 2.49. The lowest BCUT2D eigenvalue weighted by atomic mass is 10.2. The van der Waals surface area contributed by atoms with E-state index in [0.29, 0.717) is 0 Å². The molecular formula is C10H4BrCl2N3O4. The lowest BCUT2D eigenvalue weighted by Gasteiger charge is -2.06. The Bertz CT molecular complexity index is 732. The van der Waals surface area contributed by atoms with Crippen LogP contribution >= 0.6 is 39.1 Å². The molecule has 0 saturated heterocycles. The summed E-state index contributed by atoms with van der Waals surface area (Å²) in [5.41, 5.74) is -0.343. The molecule has 0 unspecified atom stereocenters. The molecule has 1 heterocycles. The zero-order valence-electron chi connectivity index (χ0n) is 9.38. The van der Waals surface area contributed by atoms with Crippen molar-refractivity contribution < 1.29 is 14.8 Å². The Labute approximate surface area is 130 Å². The molecule has 2 aromatic rings. The molecule has 0 spiro atoms. The van der Waals surface area contributed by atoms with Gasteiger partial charge in [0.25, 0.3) is 5.69 Å². The number of hydrogen-bond acceptors (Lipinski definition) is 4. The summed E-state index contributed by atoms with van der Waals surface area (Å²) >= 11 is 14.8. The fraction of sp³-hybridized carbons (Fsp3) is 0. The molecule has 0 atom stereocenters. The predicted octanol–water partition coefficient (Wildman–Crippen LogP) is 3.55. The highest BCUT2D eigenvalue weighted by Crippen LogP contribution is 2.31. The van der Waals surface area contributed by atoms with Crippen molar-refractivity contribution in [3.05, 3.63) is 48.7 Å². The second-order valence-corrected chi connectivity index (χ2v) is 5.10. The van der Waals surface area contributed by atoms with Gasteiger partial charge in [0.15, 0.2) is 5.69 Å². The fourth-order valence-electron chi connectivity index (χ4n) is 1.51. The van der Waals surface area contributed by atoms with Gasteiger partial charge in [0, 0.05) is 12.1 Å². The van der Waals surface area contributed by atoms with Gasteiger partial charge in [-0.25, -0.2) is 9.48 Å². The van der Waals surface area contributed by atoms with Crippen LogP contribution in [0.25, 0.3) is 5.69 Å². The Morgan fingerprint density at radius 3 is 2.60 bits per heavy atom. The van der Waals surface area contributed by atoms with Gasteiger partial charge in [-0.3, -0.25) is 10.1 Å². The highest BCUT2D eigenvalue weighted by Gasteiger charge is 2.23. The molecule has 0 amide bonds. The first kappa shape index (κ1) is 14.8. The Kier molecular flexibility index (Phi) is 3.98. The Balaban J connectivity index is 2.66. The van der Waals surface area contributed by atoms with Crippen LogP contribution in [0.5, 0.6) is 0 Å². The van der Waals surface area contributed by atoms with Gasteiger partial charge in [-0.2, -0.15) is 5.10 Å². The Morgan fingerprint density at radius 1 is 1.45 bits per heavy atom. The monoisotopic (exact) mass is 379 g/mol. The molecule has 2 rings (SSSR count). The summed E-state index contributed by atoms with van der Waals surface area (Å²) in [6.45, 7) is 0. The molecule has 0 fully saturated rings. The second-order valence-electron chi connectivity index (χ2n) is 3.56. The van der Waals surface area contributed by atoms with E-state index in [1.165, 1.54) is 12.1 Å². The van der Waals surface area contributed by atoms with Crippen molar-refractivity contribution in [2.24, 2.45) is 0 Å². The third-order valence-corrected chi connectivity index (χ3v) is 3.81. The maximum atomic E-state index is 11.2. The van der Waals surface area contributed by atoms with Crippen LogP contribution in [-0.4, -0.2) is 25.8 Å². The minimum Gasteiger partial charge on any atom is -0.476 e. The van der Waals surface area contributed by atoms with Gasteiger partial charge in [-0.1, -0.05) is 23.2 Å². The van der Waals surface area contributed by atoms with Gasteiger partial charge in [0.1, 0.15) is 9.63 Å². The fourth-order valence-corrected chi connectivity index (χ4v) is 2.31. The zero-order valence-corrected chi connectivity index (χ0v) is 12.5. The molecule has 0 aliphatic carbocycles. The number of carboxylic acids is 1. The maximum absolute atomic E-state index is 11.2. The van der Waals surface area contributed by atoms with E-state index in [1.54, 1.807) is 0 Å². The number of halogens is 3. The van der Waals surface area contributed by atoms with Crippen LogP contribution in [0, 0.1) is 10.1 Å². The third-order valence-electron chi connectivity index (χ3n) is 2.36. The van der Waals surface area contributed by atoms with Crippen molar-refractivity contribution in [3.63, 3.8) is 0 Å². The van der Waals surface area contributed by atoms with E-state index in [4.69, 9.17) is 28.3 Å². The summed E-state index contributed by atoms with van der Waals surface area (Å²) in [5, 5.41) is 23.6. The van der Waals surface area contributed by atoms with Crippen molar-refractivity contribution >= 4 is 50.8 Å². The number of carbonyl (C=O) groups is 1. The lowest BCUT2D eigenvalue weighted by molar-refractivity contribution is -0.384. The molecular weight excluding hydrogens is 377 g/mol. The first-order valence-corrected chi connectivity index (χ1v) is 6.49. The summed E-state index contributed by atoms with van der Waals surface area (Å²) in [6.07, 6.45) is 0. The van der Waals surface area contributed by atoms with Crippen LogP contribution in [0.1, 0.15) is 10.5 Å². The van der Waals surface area contributed by atoms with E-state index in [9.17, 15) is 14.9 Å². The molecule has 1 aromatic heterocycles. The van der Waals surface area contributed by atoms with E-state index in [-0.39, 0.29) is 31.7 Å². The summed E-state index contributed by atoms with van der Waals surface area (Å²) in [5.74, 6) is -1.30. The number of rotatable bonds is 3. The first-order valence-electron chi connectivity index (χ1n) is 4.94. The molecule has 104 valence electrons. The minimum absolute atomic E-state index is 0.0200. The van der Waals surface area contributed by atoms with Gasteiger partial charge < -0.3 is 5.11 Å². The Hall–Kier alpha value is -1.64. The average molecular weight is 381 g/mol. The number of aromatic nitrogens is 2. The van der Waals surface area contributed by atoms with Gasteiger partial charge in [-0.05, 0) is 22.0 Å². The molecule has 1 aromatic carbocycles. The van der Waals surface area contributed by atoms with Crippen molar-refractivity contribution in [1.29, 1.82) is 0 Å². The average Bonchev–Trinajstić information content (AvgIpc) is 2.65. The van der Waals surface area contributed by atoms with E-state index in [2.05, 4.69) is 21.0 Å². The lowest BCUT2D eigenvalue weighted by Crippen LogP contribution is -2.09. The van der Waals surface area contributed by atoms with Crippen LogP contribution < -0.4 is 0 Å².